The number of amides is 1. The molecule has 1 aromatic rings. The zero-order valence-corrected chi connectivity index (χ0v) is 11.5. The topological polar surface area (TPSA) is 66.8 Å². The molecule has 0 aliphatic heterocycles. The molecule has 1 amide bonds. The van der Waals surface area contributed by atoms with Gasteiger partial charge in [-0.05, 0) is 25.3 Å². The highest BCUT2D eigenvalue weighted by Crippen LogP contribution is 2.28. The zero-order chi connectivity index (χ0) is 14.5. The van der Waals surface area contributed by atoms with Crippen molar-refractivity contribution in [3.63, 3.8) is 0 Å². The highest BCUT2D eigenvalue weighted by molar-refractivity contribution is 5.78. The molecule has 2 rings (SSSR count). The molecule has 0 heterocycles. The number of aryl methyl sites for hydroxylation is 1. The molecule has 1 aromatic carbocycles. The second-order valence-corrected chi connectivity index (χ2v) is 5.13. The van der Waals surface area contributed by atoms with Crippen LogP contribution in [0.4, 0.5) is 0 Å². The molecule has 0 radical (unpaired) electrons. The lowest BCUT2D eigenvalue weighted by atomic mass is 10.1. The van der Waals surface area contributed by atoms with Crippen molar-refractivity contribution in [3.05, 3.63) is 35.4 Å². The molecule has 1 aliphatic carbocycles. The highest BCUT2D eigenvalue weighted by Gasteiger charge is 2.32. The Morgan fingerprint density at radius 3 is 2.70 bits per heavy atom. The maximum Gasteiger partial charge on any atom is 0.329 e. The first-order valence-corrected chi connectivity index (χ1v) is 6.71. The lowest BCUT2D eigenvalue weighted by Crippen LogP contribution is -2.35. The average molecular weight is 277 g/mol. The molecule has 5 nitrogen and oxygen atoms in total. The van der Waals surface area contributed by atoms with E-state index in [2.05, 4.69) is 6.07 Å². The Kier molecular flexibility index (Phi) is 4.74. The van der Waals surface area contributed by atoms with Gasteiger partial charge in [-0.1, -0.05) is 29.8 Å². The first kappa shape index (κ1) is 14.5. The molecule has 1 aliphatic rings. The van der Waals surface area contributed by atoms with Crippen molar-refractivity contribution in [2.24, 2.45) is 0 Å². The Labute approximate surface area is 118 Å². The van der Waals surface area contributed by atoms with Gasteiger partial charge in [0.05, 0.1) is 0 Å². The molecule has 0 bridgehead atoms. The monoisotopic (exact) mass is 277 g/mol. The summed E-state index contributed by atoms with van der Waals surface area (Å²) in [7, 11) is 0. The molecule has 108 valence electrons. The molecule has 0 spiro atoms. The second kappa shape index (κ2) is 6.52. The molecule has 1 N–H and O–H groups in total. The van der Waals surface area contributed by atoms with Crippen molar-refractivity contribution in [2.45, 2.75) is 32.4 Å². The van der Waals surface area contributed by atoms with Crippen molar-refractivity contribution >= 4 is 11.9 Å². The zero-order valence-electron chi connectivity index (χ0n) is 11.5. The van der Waals surface area contributed by atoms with Gasteiger partial charge < -0.3 is 14.7 Å². The Morgan fingerprint density at radius 2 is 2.10 bits per heavy atom. The molecular weight excluding hydrogens is 258 g/mol. The lowest BCUT2D eigenvalue weighted by Gasteiger charge is -2.22. The van der Waals surface area contributed by atoms with Crippen LogP contribution in [0.5, 0.6) is 0 Å². The first-order chi connectivity index (χ1) is 9.56. The SMILES string of the molecule is Cc1cccc(CN(C(=O)COCC(=O)O)C2CC2)c1. The van der Waals surface area contributed by atoms with E-state index >= 15 is 0 Å². The van der Waals surface area contributed by atoms with Crippen LogP contribution in [0.3, 0.4) is 0 Å². The van der Waals surface area contributed by atoms with Gasteiger partial charge in [0, 0.05) is 12.6 Å². The van der Waals surface area contributed by atoms with E-state index in [0.717, 1.165) is 24.0 Å². The van der Waals surface area contributed by atoms with E-state index in [0.29, 0.717) is 6.54 Å². The van der Waals surface area contributed by atoms with E-state index in [1.165, 1.54) is 0 Å². The molecule has 0 atom stereocenters. The quantitative estimate of drug-likeness (QED) is 0.822. The van der Waals surface area contributed by atoms with Crippen LogP contribution in [0.25, 0.3) is 0 Å². The van der Waals surface area contributed by atoms with Crippen molar-refractivity contribution in [1.29, 1.82) is 0 Å². The number of benzene rings is 1. The van der Waals surface area contributed by atoms with Crippen LogP contribution in [0.2, 0.25) is 0 Å². The minimum absolute atomic E-state index is 0.143. The van der Waals surface area contributed by atoms with Crippen LogP contribution >= 0.6 is 0 Å². The minimum Gasteiger partial charge on any atom is -0.480 e. The number of carbonyl (C=O) groups excluding carboxylic acids is 1. The van der Waals surface area contributed by atoms with Gasteiger partial charge in [-0.3, -0.25) is 4.79 Å². The third kappa shape index (κ3) is 4.35. The smallest absolute Gasteiger partial charge is 0.329 e. The fraction of sp³-hybridized carbons (Fsp3) is 0.467. The van der Waals surface area contributed by atoms with Gasteiger partial charge in [-0.15, -0.1) is 0 Å². The van der Waals surface area contributed by atoms with E-state index in [1.807, 2.05) is 25.1 Å². The number of hydrogen-bond donors (Lipinski definition) is 1. The Balaban J connectivity index is 1.93. The van der Waals surface area contributed by atoms with Crippen LogP contribution in [0.15, 0.2) is 24.3 Å². The maximum atomic E-state index is 12.1. The Morgan fingerprint density at radius 1 is 1.35 bits per heavy atom. The van der Waals surface area contributed by atoms with Crippen LogP contribution in [0.1, 0.15) is 24.0 Å². The molecule has 1 fully saturated rings. The van der Waals surface area contributed by atoms with Gasteiger partial charge in [0.2, 0.25) is 5.91 Å². The van der Waals surface area contributed by atoms with Gasteiger partial charge in [-0.25, -0.2) is 4.79 Å². The van der Waals surface area contributed by atoms with Gasteiger partial charge in [0.15, 0.2) is 0 Å². The maximum absolute atomic E-state index is 12.1. The summed E-state index contributed by atoms with van der Waals surface area (Å²) in [5.74, 6) is -1.20. The number of ether oxygens (including phenoxy) is 1. The second-order valence-electron chi connectivity index (χ2n) is 5.13. The number of aliphatic carboxylic acids is 1. The van der Waals surface area contributed by atoms with Crippen LogP contribution < -0.4 is 0 Å². The fourth-order valence-electron chi connectivity index (χ4n) is 2.12. The van der Waals surface area contributed by atoms with Crippen molar-refractivity contribution < 1.29 is 19.4 Å². The summed E-state index contributed by atoms with van der Waals surface area (Å²) in [5, 5.41) is 8.50. The fourth-order valence-corrected chi connectivity index (χ4v) is 2.12. The third-order valence-corrected chi connectivity index (χ3v) is 3.19. The summed E-state index contributed by atoms with van der Waals surface area (Å²) in [6.45, 7) is 1.97. The molecule has 0 unspecified atom stereocenters. The highest BCUT2D eigenvalue weighted by atomic mass is 16.5. The standard InChI is InChI=1S/C15H19NO4/c1-11-3-2-4-12(7-11)8-16(13-5-6-13)14(17)9-20-10-15(18)19/h2-4,7,13H,5-6,8-10H2,1H3,(H,18,19). The largest absolute Gasteiger partial charge is 0.480 e. The summed E-state index contributed by atoms with van der Waals surface area (Å²) in [6.07, 6.45) is 2.02. The minimum atomic E-state index is -1.06. The number of carboxylic acid groups (broad SMARTS) is 1. The Hall–Kier alpha value is -1.88. The third-order valence-electron chi connectivity index (χ3n) is 3.19. The van der Waals surface area contributed by atoms with E-state index in [9.17, 15) is 9.59 Å². The van der Waals surface area contributed by atoms with Crippen LogP contribution in [-0.4, -0.2) is 41.1 Å². The predicted octanol–water partition coefficient (Wildman–Crippen LogP) is 1.59. The summed E-state index contributed by atoms with van der Waals surface area (Å²) >= 11 is 0. The molecular formula is C15H19NO4. The predicted molar refractivity (Wildman–Crippen MR) is 73.2 cm³/mol. The van der Waals surface area contributed by atoms with E-state index in [4.69, 9.17) is 9.84 Å². The average Bonchev–Trinajstić information content (AvgIpc) is 3.19. The first-order valence-electron chi connectivity index (χ1n) is 6.71. The van der Waals surface area contributed by atoms with Gasteiger partial charge in [0.1, 0.15) is 13.2 Å². The normalized spacial score (nSPS) is 14.1. The summed E-state index contributed by atoms with van der Waals surface area (Å²) in [4.78, 5) is 24.3. The summed E-state index contributed by atoms with van der Waals surface area (Å²) in [6, 6.07) is 8.31. The number of carboxylic acids is 1. The van der Waals surface area contributed by atoms with Crippen LogP contribution in [0, 0.1) is 6.92 Å². The van der Waals surface area contributed by atoms with Gasteiger partial charge >= 0.3 is 5.97 Å². The van der Waals surface area contributed by atoms with E-state index in [1.54, 1.807) is 4.90 Å². The van der Waals surface area contributed by atoms with Crippen molar-refractivity contribution in [1.82, 2.24) is 4.90 Å². The number of carbonyl (C=O) groups is 2. The van der Waals surface area contributed by atoms with E-state index < -0.39 is 12.6 Å². The lowest BCUT2D eigenvalue weighted by molar-refractivity contribution is -0.146. The summed E-state index contributed by atoms with van der Waals surface area (Å²) < 4.78 is 4.89. The van der Waals surface area contributed by atoms with Crippen molar-refractivity contribution in [2.75, 3.05) is 13.2 Å². The molecule has 0 aromatic heterocycles. The van der Waals surface area contributed by atoms with E-state index in [-0.39, 0.29) is 18.6 Å². The molecule has 5 heteroatoms. The molecule has 1 saturated carbocycles. The molecule has 20 heavy (non-hydrogen) atoms. The van der Waals surface area contributed by atoms with Crippen LogP contribution in [-0.2, 0) is 20.9 Å². The Bertz CT molecular complexity index is 496. The van der Waals surface area contributed by atoms with Crippen molar-refractivity contribution in [3.8, 4) is 0 Å². The number of rotatable bonds is 7. The number of hydrogen-bond acceptors (Lipinski definition) is 3. The number of nitrogens with zero attached hydrogens (tertiary/aromatic N) is 1. The molecule has 0 saturated heterocycles. The van der Waals surface area contributed by atoms with Gasteiger partial charge in [0.25, 0.3) is 0 Å². The van der Waals surface area contributed by atoms with Gasteiger partial charge in [-0.2, -0.15) is 0 Å². The summed E-state index contributed by atoms with van der Waals surface area (Å²) in [5.41, 5.74) is 2.25.